The summed E-state index contributed by atoms with van der Waals surface area (Å²) in [5.74, 6) is 0.593. The summed E-state index contributed by atoms with van der Waals surface area (Å²) in [5.41, 5.74) is 1.22. The van der Waals surface area contributed by atoms with E-state index in [9.17, 15) is 4.21 Å². The van der Waals surface area contributed by atoms with Crippen molar-refractivity contribution < 1.29 is 4.21 Å². The van der Waals surface area contributed by atoms with Crippen molar-refractivity contribution in [3.63, 3.8) is 0 Å². The van der Waals surface area contributed by atoms with Crippen LogP contribution in [-0.2, 0) is 11.0 Å². The Morgan fingerprint density at radius 2 is 2.24 bits per heavy atom. The van der Waals surface area contributed by atoms with Crippen LogP contribution >= 0.6 is 0 Å². The predicted octanol–water partition coefficient (Wildman–Crippen LogP) is 3.02. The number of nitrogens with zero attached hydrogens (tertiary/aromatic N) is 3. The highest BCUT2D eigenvalue weighted by molar-refractivity contribution is 7.83. The lowest BCUT2D eigenvalue weighted by atomic mass is 9.88. The average Bonchev–Trinajstić information content (AvgIpc) is 3.36. The first kappa shape index (κ1) is 16.3. The largest absolute Gasteiger partial charge is 0.361 e. The fourth-order valence-electron chi connectivity index (χ4n) is 3.67. The van der Waals surface area contributed by atoms with E-state index in [0.29, 0.717) is 12.5 Å². The summed E-state index contributed by atoms with van der Waals surface area (Å²) in [4.78, 5) is 8.38. The minimum absolute atomic E-state index is 0.182. The number of nitrogens with one attached hydrogen (secondary N) is 2. The van der Waals surface area contributed by atoms with Crippen molar-refractivity contribution in [3.05, 3.63) is 30.5 Å². The minimum atomic E-state index is -1.37. The van der Waals surface area contributed by atoms with Gasteiger partial charge in [0.25, 0.3) is 0 Å². The normalized spacial score (nSPS) is 20.7. The molecule has 2 aromatic rings. The van der Waals surface area contributed by atoms with E-state index in [2.05, 4.69) is 26.0 Å². The van der Waals surface area contributed by atoms with Crippen LogP contribution in [0.4, 0.5) is 0 Å². The third-order valence-electron chi connectivity index (χ3n) is 5.01. The molecule has 1 aromatic carbocycles. The van der Waals surface area contributed by atoms with Crippen LogP contribution in [0.1, 0.15) is 32.6 Å². The van der Waals surface area contributed by atoms with Gasteiger partial charge in [0.2, 0.25) is 5.96 Å². The van der Waals surface area contributed by atoms with Crippen molar-refractivity contribution in [2.45, 2.75) is 37.5 Å². The van der Waals surface area contributed by atoms with Crippen LogP contribution in [0.5, 0.6) is 0 Å². The number of benzene rings is 1. The summed E-state index contributed by atoms with van der Waals surface area (Å²) in [6.07, 6.45) is 8.84. The monoisotopic (exact) mass is 357 g/mol. The summed E-state index contributed by atoms with van der Waals surface area (Å²) < 4.78 is 15.9. The molecule has 2 heterocycles. The third kappa shape index (κ3) is 3.20. The van der Waals surface area contributed by atoms with Crippen LogP contribution in [-0.4, -0.2) is 39.5 Å². The van der Waals surface area contributed by atoms with Gasteiger partial charge in [-0.05, 0) is 44.0 Å². The SMILES string of the molecule is CCN=C(NS(=O)c1ccc2[nH]ccc2c1)N1CC2(C=N1)CCCC2. The maximum atomic E-state index is 12.8. The number of H-pyrrole nitrogens is 1. The second kappa shape index (κ2) is 6.63. The molecule has 4 rings (SSSR count). The van der Waals surface area contributed by atoms with E-state index >= 15 is 0 Å². The highest BCUT2D eigenvalue weighted by Gasteiger charge is 2.39. The lowest BCUT2D eigenvalue weighted by Crippen LogP contribution is -2.40. The lowest BCUT2D eigenvalue weighted by Gasteiger charge is -2.23. The van der Waals surface area contributed by atoms with Gasteiger partial charge in [0.05, 0.1) is 11.4 Å². The first-order chi connectivity index (χ1) is 12.2. The Bertz CT molecular complexity index is 850. The van der Waals surface area contributed by atoms with Crippen LogP contribution in [0.3, 0.4) is 0 Å². The first-order valence-electron chi connectivity index (χ1n) is 8.82. The van der Waals surface area contributed by atoms with Gasteiger partial charge in [-0.1, -0.05) is 12.8 Å². The maximum absolute atomic E-state index is 12.8. The topological polar surface area (TPSA) is 72.8 Å². The molecule has 1 aliphatic carbocycles. The van der Waals surface area contributed by atoms with E-state index in [-0.39, 0.29) is 5.41 Å². The van der Waals surface area contributed by atoms with E-state index in [0.717, 1.165) is 22.3 Å². The Hall–Kier alpha value is -2.15. The summed E-state index contributed by atoms with van der Waals surface area (Å²) in [5, 5.41) is 7.48. The Morgan fingerprint density at radius 3 is 3.04 bits per heavy atom. The fourth-order valence-corrected chi connectivity index (χ4v) is 4.55. The third-order valence-corrected chi connectivity index (χ3v) is 6.06. The minimum Gasteiger partial charge on any atom is -0.361 e. The zero-order valence-corrected chi connectivity index (χ0v) is 15.2. The van der Waals surface area contributed by atoms with Crippen molar-refractivity contribution in [3.8, 4) is 0 Å². The molecule has 1 aliphatic heterocycles. The van der Waals surface area contributed by atoms with Crippen LogP contribution in [0, 0.1) is 5.41 Å². The number of guanidine groups is 1. The molecule has 1 atom stereocenters. The summed E-state index contributed by atoms with van der Waals surface area (Å²) in [6, 6.07) is 7.73. The molecule has 0 saturated heterocycles. The van der Waals surface area contributed by atoms with Crippen LogP contribution in [0.25, 0.3) is 10.9 Å². The Balaban J connectivity index is 1.51. The number of hydrogen-bond donors (Lipinski definition) is 2. The van der Waals surface area contributed by atoms with E-state index in [4.69, 9.17) is 0 Å². The van der Waals surface area contributed by atoms with Crippen molar-refractivity contribution in [2.24, 2.45) is 15.5 Å². The van der Waals surface area contributed by atoms with Crippen molar-refractivity contribution in [1.82, 2.24) is 14.7 Å². The van der Waals surface area contributed by atoms with E-state index in [1.54, 1.807) is 0 Å². The quantitative estimate of drug-likeness (QED) is 0.655. The molecule has 25 heavy (non-hydrogen) atoms. The number of aliphatic imine (C=N–C) groups is 1. The standard InChI is InChI=1S/C18H23N5OS/c1-2-19-17(23-13-18(12-21-23)8-3-4-9-18)22-25(24)15-5-6-16-14(11-15)7-10-20-16/h5-7,10-12,20H,2-4,8-9,13H2,1H3,(H,19,22). The van der Waals surface area contributed by atoms with Crippen molar-refractivity contribution in [2.75, 3.05) is 13.1 Å². The predicted molar refractivity (Wildman–Crippen MR) is 102 cm³/mol. The van der Waals surface area contributed by atoms with Gasteiger partial charge in [0.1, 0.15) is 0 Å². The molecule has 0 amide bonds. The molecule has 7 heteroatoms. The molecule has 0 radical (unpaired) electrons. The highest BCUT2D eigenvalue weighted by Crippen LogP contribution is 2.40. The molecule has 6 nitrogen and oxygen atoms in total. The van der Waals surface area contributed by atoms with Gasteiger partial charge in [0.15, 0.2) is 11.0 Å². The molecule has 0 bridgehead atoms. The van der Waals surface area contributed by atoms with Gasteiger partial charge in [-0.15, -0.1) is 0 Å². The fraction of sp³-hybridized carbons (Fsp3) is 0.444. The molecular formula is C18H23N5OS. The van der Waals surface area contributed by atoms with Gasteiger partial charge in [0, 0.05) is 35.3 Å². The molecular weight excluding hydrogens is 334 g/mol. The number of fused-ring (bicyclic) bond motifs is 1. The molecule has 1 saturated carbocycles. The molecule has 1 spiro atoms. The van der Waals surface area contributed by atoms with Crippen molar-refractivity contribution in [1.29, 1.82) is 0 Å². The summed E-state index contributed by atoms with van der Waals surface area (Å²) in [7, 11) is -1.37. The maximum Gasteiger partial charge on any atom is 0.227 e. The van der Waals surface area contributed by atoms with Crippen LogP contribution < -0.4 is 4.72 Å². The van der Waals surface area contributed by atoms with Gasteiger partial charge < -0.3 is 4.98 Å². The van der Waals surface area contributed by atoms with E-state index < -0.39 is 11.0 Å². The number of hydrogen-bond acceptors (Lipinski definition) is 3. The van der Waals surface area contributed by atoms with Crippen molar-refractivity contribution >= 4 is 34.1 Å². The Morgan fingerprint density at radius 1 is 1.40 bits per heavy atom. The Labute approximate surface area is 150 Å². The van der Waals surface area contributed by atoms with Crippen LogP contribution in [0.2, 0.25) is 0 Å². The first-order valence-corrected chi connectivity index (χ1v) is 9.97. The second-order valence-corrected chi connectivity index (χ2v) is 7.98. The molecule has 1 fully saturated rings. The van der Waals surface area contributed by atoms with Crippen LogP contribution in [0.15, 0.2) is 45.5 Å². The number of rotatable bonds is 3. The molecule has 1 unspecified atom stereocenters. The zero-order chi connectivity index (χ0) is 17.3. The number of aromatic nitrogens is 1. The molecule has 132 valence electrons. The molecule has 2 N–H and O–H groups in total. The van der Waals surface area contributed by atoms with Gasteiger partial charge in [-0.2, -0.15) is 5.10 Å². The zero-order valence-electron chi connectivity index (χ0n) is 14.4. The number of aromatic amines is 1. The summed E-state index contributed by atoms with van der Waals surface area (Å²) >= 11 is 0. The second-order valence-electron chi connectivity index (χ2n) is 6.77. The molecule has 1 aromatic heterocycles. The van der Waals surface area contributed by atoms with Gasteiger partial charge in [-0.3, -0.25) is 9.71 Å². The highest BCUT2D eigenvalue weighted by atomic mass is 32.2. The average molecular weight is 357 g/mol. The van der Waals surface area contributed by atoms with E-state index in [1.165, 1.54) is 25.7 Å². The Kier molecular flexibility index (Phi) is 4.33. The molecule has 2 aliphatic rings. The van der Waals surface area contributed by atoms with Gasteiger partial charge >= 0.3 is 0 Å². The lowest BCUT2D eigenvalue weighted by molar-refractivity contribution is 0.342. The van der Waals surface area contributed by atoms with Gasteiger partial charge in [-0.25, -0.2) is 9.22 Å². The number of hydrazone groups is 1. The summed E-state index contributed by atoms with van der Waals surface area (Å²) in [6.45, 7) is 3.42. The van der Waals surface area contributed by atoms with E-state index in [1.807, 2.05) is 42.4 Å². The smallest absolute Gasteiger partial charge is 0.227 e.